The second-order valence-electron chi connectivity index (χ2n) is 3.44. The van der Waals surface area contributed by atoms with Crippen LogP contribution in [0, 0.1) is 5.92 Å². The quantitative estimate of drug-likeness (QED) is 0.825. The van der Waals surface area contributed by atoms with E-state index in [1.54, 1.807) is 5.38 Å². The third kappa shape index (κ3) is 2.13. The third-order valence-electron chi connectivity index (χ3n) is 2.29. The summed E-state index contributed by atoms with van der Waals surface area (Å²) in [7, 11) is -3.13. The Morgan fingerprint density at radius 3 is 3.07 bits per heavy atom. The van der Waals surface area contributed by atoms with Crippen LogP contribution in [0.4, 0.5) is 0 Å². The van der Waals surface area contributed by atoms with Gasteiger partial charge in [-0.1, -0.05) is 0 Å². The summed E-state index contributed by atoms with van der Waals surface area (Å²) >= 11 is 1.19. The number of sulfone groups is 1. The van der Waals surface area contributed by atoms with E-state index in [0.717, 1.165) is 19.5 Å². The van der Waals surface area contributed by atoms with Gasteiger partial charge in [0.1, 0.15) is 0 Å². The van der Waals surface area contributed by atoms with Crippen LogP contribution in [0.1, 0.15) is 6.42 Å². The van der Waals surface area contributed by atoms with Crippen molar-refractivity contribution in [2.45, 2.75) is 10.8 Å². The molecule has 6 heteroatoms. The van der Waals surface area contributed by atoms with Gasteiger partial charge in [-0.25, -0.2) is 13.4 Å². The highest BCUT2D eigenvalue weighted by molar-refractivity contribution is 7.93. The Morgan fingerprint density at radius 1 is 1.64 bits per heavy atom. The number of aromatic nitrogens is 1. The molecule has 0 amide bonds. The van der Waals surface area contributed by atoms with Crippen LogP contribution in [0.15, 0.2) is 15.9 Å². The van der Waals surface area contributed by atoms with Crippen LogP contribution >= 0.6 is 11.3 Å². The molecule has 1 aromatic heterocycles. The number of rotatable bonds is 3. The van der Waals surface area contributed by atoms with Crippen molar-refractivity contribution in [2.75, 3.05) is 18.8 Å². The predicted octanol–water partition coefficient (Wildman–Crippen LogP) is 0.526. The normalized spacial score (nSPS) is 22.7. The molecule has 1 fully saturated rings. The van der Waals surface area contributed by atoms with Gasteiger partial charge >= 0.3 is 0 Å². The average Bonchev–Trinajstić information content (AvgIpc) is 2.71. The SMILES string of the molecule is O=S(=O)(C[C@H]1CCNC1)c1nccs1. The lowest BCUT2D eigenvalue weighted by Crippen LogP contribution is -2.18. The molecule has 0 aromatic carbocycles. The maximum absolute atomic E-state index is 11.8. The highest BCUT2D eigenvalue weighted by Gasteiger charge is 2.25. The Labute approximate surface area is 87.3 Å². The lowest BCUT2D eigenvalue weighted by molar-refractivity contribution is 0.570. The highest BCUT2D eigenvalue weighted by atomic mass is 32.2. The van der Waals surface area contributed by atoms with Crippen LogP contribution in [0.3, 0.4) is 0 Å². The molecule has 0 bridgehead atoms. The second-order valence-corrected chi connectivity index (χ2v) is 6.54. The third-order valence-corrected chi connectivity index (χ3v) is 5.46. The molecule has 1 aliphatic heterocycles. The molecular weight excluding hydrogens is 220 g/mol. The molecular formula is C8H12N2O2S2. The molecule has 78 valence electrons. The van der Waals surface area contributed by atoms with E-state index in [2.05, 4.69) is 10.3 Å². The molecule has 1 aliphatic rings. The summed E-state index contributed by atoms with van der Waals surface area (Å²) in [6.07, 6.45) is 2.48. The predicted molar refractivity (Wildman–Crippen MR) is 55.1 cm³/mol. The van der Waals surface area contributed by atoms with E-state index in [1.807, 2.05) is 0 Å². The van der Waals surface area contributed by atoms with Crippen LogP contribution in [0.2, 0.25) is 0 Å². The molecule has 0 spiro atoms. The van der Waals surface area contributed by atoms with Gasteiger partial charge in [0.25, 0.3) is 0 Å². The van der Waals surface area contributed by atoms with E-state index < -0.39 is 9.84 Å². The summed E-state index contributed by atoms with van der Waals surface area (Å²) in [5.41, 5.74) is 0. The maximum atomic E-state index is 11.8. The first kappa shape index (κ1) is 10.1. The molecule has 2 heterocycles. The number of hydrogen-bond acceptors (Lipinski definition) is 5. The van der Waals surface area contributed by atoms with Crippen molar-refractivity contribution < 1.29 is 8.42 Å². The summed E-state index contributed by atoms with van der Waals surface area (Å²) in [5, 5.41) is 4.85. The van der Waals surface area contributed by atoms with Crippen molar-refractivity contribution >= 4 is 21.2 Å². The Morgan fingerprint density at radius 2 is 2.50 bits per heavy atom. The molecule has 0 unspecified atom stereocenters. The minimum absolute atomic E-state index is 0.230. The molecule has 0 radical (unpaired) electrons. The molecule has 1 saturated heterocycles. The fourth-order valence-electron chi connectivity index (χ4n) is 1.60. The largest absolute Gasteiger partial charge is 0.316 e. The lowest BCUT2D eigenvalue weighted by Gasteiger charge is -2.06. The van der Waals surface area contributed by atoms with Gasteiger partial charge in [-0.2, -0.15) is 0 Å². The Balaban J connectivity index is 2.09. The topological polar surface area (TPSA) is 59.1 Å². The zero-order chi connectivity index (χ0) is 10.0. The van der Waals surface area contributed by atoms with E-state index >= 15 is 0 Å². The first-order chi connectivity index (χ1) is 6.68. The lowest BCUT2D eigenvalue weighted by atomic mass is 10.2. The second kappa shape index (κ2) is 3.96. The van der Waals surface area contributed by atoms with Crippen molar-refractivity contribution in [3.63, 3.8) is 0 Å². The molecule has 1 N–H and O–H groups in total. The molecule has 14 heavy (non-hydrogen) atoms. The van der Waals surface area contributed by atoms with Crippen LogP contribution in [0.5, 0.6) is 0 Å². The van der Waals surface area contributed by atoms with Crippen LogP contribution in [-0.4, -0.2) is 32.2 Å². The zero-order valence-electron chi connectivity index (χ0n) is 7.64. The molecule has 4 nitrogen and oxygen atoms in total. The van der Waals surface area contributed by atoms with Crippen molar-refractivity contribution in [2.24, 2.45) is 5.92 Å². The molecule has 1 aromatic rings. The fourth-order valence-corrected chi connectivity index (χ4v) is 4.19. The first-order valence-electron chi connectivity index (χ1n) is 4.51. The number of thiazole rings is 1. The van der Waals surface area contributed by atoms with Gasteiger partial charge in [-0.3, -0.25) is 0 Å². The number of nitrogens with one attached hydrogen (secondary N) is 1. The standard InChI is InChI=1S/C8H12N2O2S2/c11-14(12,8-10-3-4-13-8)6-7-1-2-9-5-7/h3-4,7,9H,1-2,5-6H2/t7-/m0/s1. The molecule has 1 atom stereocenters. The van der Waals surface area contributed by atoms with E-state index in [9.17, 15) is 8.42 Å². The summed E-state index contributed by atoms with van der Waals surface area (Å²) < 4.78 is 23.8. The molecule has 0 aliphatic carbocycles. The van der Waals surface area contributed by atoms with Crippen molar-refractivity contribution in [3.05, 3.63) is 11.6 Å². The van der Waals surface area contributed by atoms with Crippen molar-refractivity contribution in [3.8, 4) is 0 Å². The minimum atomic E-state index is -3.13. The molecule has 2 rings (SSSR count). The fraction of sp³-hybridized carbons (Fsp3) is 0.625. The van der Waals surface area contributed by atoms with Gasteiger partial charge < -0.3 is 5.32 Å². The van der Waals surface area contributed by atoms with Gasteiger partial charge in [0.15, 0.2) is 0 Å². The van der Waals surface area contributed by atoms with Gasteiger partial charge in [0.05, 0.1) is 5.75 Å². The van der Waals surface area contributed by atoms with E-state index in [1.165, 1.54) is 17.5 Å². The monoisotopic (exact) mass is 232 g/mol. The Hall–Kier alpha value is -0.460. The zero-order valence-corrected chi connectivity index (χ0v) is 9.27. The van der Waals surface area contributed by atoms with Gasteiger partial charge in [-0.05, 0) is 25.4 Å². The minimum Gasteiger partial charge on any atom is -0.316 e. The average molecular weight is 232 g/mol. The Kier molecular flexibility index (Phi) is 2.85. The smallest absolute Gasteiger partial charge is 0.209 e. The maximum Gasteiger partial charge on any atom is 0.209 e. The van der Waals surface area contributed by atoms with Crippen LogP contribution in [-0.2, 0) is 9.84 Å². The van der Waals surface area contributed by atoms with E-state index in [0.29, 0.717) is 0 Å². The van der Waals surface area contributed by atoms with Crippen molar-refractivity contribution in [1.29, 1.82) is 0 Å². The van der Waals surface area contributed by atoms with Gasteiger partial charge in [-0.15, -0.1) is 11.3 Å². The summed E-state index contributed by atoms with van der Waals surface area (Å²) in [5.74, 6) is 0.483. The summed E-state index contributed by atoms with van der Waals surface area (Å²) in [6, 6.07) is 0. The van der Waals surface area contributed by atoms with Gasteiger partial charge in [0.2, 0.25) is 14.2 Å². The van der Waals surface area contributed by atoms with Gasteiger partial charge in [0, 0.05) is 11.6 Å². The number of hydrogen-bond donors (Lipinski definition) is 1. The summed E-state index contributed by atoms with van der Waals surface area (Å²) in [6.45, 7) is 1.74. The number of nitrogens with zero attached hydrogens (tertiary/aromatic N) is 1. The van der Waals surface area contributed by atoms with Crippen LogP contribution in [0.25, 0.3) is 0 Å². The summed E-state index contributed by atoms with van der Waals surface area (Å²) in [4.78, 5) is 3.84. The van der Waals surface area contributed by atoms with Crippen molar-refractivity contribution in [1.82, 2.24) is 10.3 Å². The Bertz CT molecular complexity index is 379. The highest BCUT2D eigenvalue weighted by Crippen LogP contribution is 2.19. The van der Waals surface area contributed by atoms with E-state index in [4.69, 9.17) is 0 Å². The van der Waals surface area contributed by atoms with Crippen LogP contribution < -0.4 is 5.32 Å². The first-order valence-corrected chi connectivity index (χ1v) is 7.04. The van der Waals surface area contributed by atoms with E-state index in [-0.39, 0.29) is 16.0 Å². The molecule has 0 saturated carbocycles.